The number of ether oxygens (including phenoxy) is 2. The number of nitrogens with one attached hydrogen (secondary N) is 2. The number of hydrogen-bond donors (Lipinski definition) is 2. The Kier molecular flexibility index (Phi) is 3.92. The van der Waals surface area contributed by atoms with Gasteiger partial charge in [0.2, 0.25) is 0 Å². The highest BCUT2D eigenvalue weighted by Gasteiger charge is 2.41. The van der Waals surface area contributed by atoms with Crippen molar-refractivity contribution < 1.29 is 14.3 Å². The van der Waals surface area contributed by atoms with Crippen LogP contribution >= 0.6 is 11.3 Å². The van der Waals surface area contributed by atoms with Crippen molar-refractivity contribution in [2.24, 2.45) is 0 Å². The second-order valence-electron chi connectivity index (χ2n) is 6.11. The summed E-state index contributed by atoms with van der Waals surface area (Å²) in [5.41, 5.74) is 0.701. The fraction of sp³-hybridized carbons (Fsp3) is 0.500. The standard InChI is InChI=1S/C16H19N3O3S/c20-14(19-15-18-12-3-1-2-4-13(12)23-15)17-11-5-7-22-16(9-11)6-8-21-10-16/h1-4,11H,5-10H2,(H2,17,18,19,20)/t11-,16+/m0/s1. The molecule has 2 aliphatic rings. The summed E-state index contributed by atoms with van der Waals surface area (Å²) in [6.45, 7) is 2.03. The second kappa shape index (κ2) is 6.07. The number of carbonyl (C=O) groups is 1. The lowest BCUT2D eigenvalue weighted by Gasteiger charge is -2.37. The van der Waals surface area contributed by atoms with Gasteiger partial charge in [-0.15, -0.1) is 0 Å². The van der Waals surface area contributed by atoms with E-state index in [9.17, 15) is 4.79 Å². The molecule has 4 rings (SSSR count). The number of anilines is 1. The van der Waals surface area contributed by atoms with E-state index in [0.717, 1.165) is 36.1 Å². The monoisotopic (exact) mass is 333 g/mol. The molecule has 0 bridgehead atoms. The quantitative estimate of drug-likeness (QED) is 0.886. The van der Waals surface area contributed by atoms with Crippen LogP contribution in [0.15, 0.2) is 24.3 Å². The minimum Gasteiger partial charge on any atom is -0.378 e. The van der Waals surface area contributed by atoms with E-state index in [0.29, 0.717) is 18.3 Å². The highest BCUT2D eigenvalue weighted by atomic mass is 32.1. The minimum absolute atomic E-state index is 0.111. The van der Waals surface area contributed by atoms with Gasteiger partial charge in [-0.2, -0.15) is 0 Å². The number of para-hydroxylation sites is 1. The fourth-order valence-corrected chi connectivity index (χ4v) is 4.12. The summed E-state index contributed by atoms with van der Waals surface area (Å²) in [5, 5.41) is 6.51. The summed E-state index contributed by atoms with van der Waals surface area (Å²) < 4.78 is 12.4. The molecular formula is C16H19N3O3S. The van der Waals surface area contributed by atoms with E-state index >= 15 is 0 Å². The molecule has 2 fully saturated rings. The number of benzene rings is 1. The highest BCUT2D eigenvalue weighted by Crippen LogP contribution is 2.33. The molecule has 1 aromatic heterocycles. The minimum atomic E-state index is -0.204. The molecule has 2 atom stereocenters. The zero-order chi connectivity index (χ0) is 15.7. The van der Waals surface area contributed by atoms with E-state index < -0.39 is 0 Å². The Morgan fingerprint density at radius 2 is 2.26 bits per heavy atom. The van der Waals surface area contributed by atoms with E-state index in [-0.39, 0.29) is 17.7 Å². The number of urea groups is 1. The summed E-state index contributed by atoms with van der Waals surface area (Å²) in [5.74, 6) is 0. The Bertz CT molecular complexity index is 678. The van der Waals surface area contributed by atoms with Gasteiger partial charge in [-0.05, 0) is 25.0 Å². The van der Waals surface area contributed by atoms with Gasteiger partial charge in [-0.3, -0.25) is 5.32 Å². The lowest BCUT2D eigenvalue weighted by atomic mass is 9.90. The van der Waals surface area contributed by atoms with Crippen LogP contribution in [0.2, 0.25) is 0 Å². The maximum Gasteiger partial charge on any atom is 0.321 e. The van der Waals surface area contributed by atoms with Gasteiger partial charge >= 0.3 is 6.03 Å². The predicted octanol–water partition coefficient (Wildman–Crippen LogP) is 2.76. The van der Waals surface area contributed by atoms with Crippen LogP contribution in [0, 0.1) is 0 Å². The number of aromatic nitrogens is 1. The number of nitrogens with zero attached hydrogens (tertiary/aromatic N) is 1. The smallest absolute Gasteiger partial charge is 0.321 e. The third-order valence-corrected chi connectivity index (χ3v) is 5.36. The van der Waals surface area contributed by atoms with Gasteiger partial charge in [0.1, 0.15) is 0 Å². The molecular weight excluding hydrogens is 314 g/mol. The Labute approximate surface area is 138 Å². The molecule has 0 aliphatic carbocycles. The van der Waals surface area contributed by atoms with Crippen LogP contribution in [0.4, 0.5) is 9.93 Å². The molecule has 0 radical (unpaired) electrons. The number of carbonyl (C=O) groups excluding carboxylic acids is 1. The molecule has 2 N–H and O–H groups in total. The van der Waals surface area contributed by atoms with E-state index in [4.69, 9.17) is 9.47 Å². The Morgan fingerprint density at radius 3 is 3.09 bits per heavy atom. The summed E-state index contributed by atoms with van der Waals surface area (Å²) in [7, 11) is 0. The second-order valence-corrected chi connectivity index (χ2v) is 7.14. The predicted molar refractivity (Wildman–Crippen MR) is 88.9 cm³/mol. The molecule has 2 amide bonds. The van der Waals surface area contributed by atoms with Crippen LogP contribution in [-0.2, 0) is 9.47 Å². The maximum absolute atomic E-state index is 12.2. The van der Waals surface area contributed by atoms with Gasteiger partial charge in [-0.1, -0.05) is 23.5 Å². The Balaban J connectivity index is 1.37. The molecule has 122 valence electrons. The Hall–Kier alpha value is -1.70. The van der Waals surface area contributed by atoms with Crippen LogP contribution in [-0.4, -0.2) is 42.5 Å². The van der Waals surface area contributed by atoms with Crippen molar-refractivity contribution in [2.75, 3.05) is 25.1 Å². The zero-order valence-corrected chi connectivity index (χ0v) is 13.5. The molecule has 2 aliphatic heterocycles. The average molecular weight is 333 g/mol. The van der Waals surface area contributed by atoms with E-state index in [1.54, 1.807) is 0 Å². The van der Waals surface area contributed by atoms with Crippen LogP contribution in [0.3, 0.4) is 0 Å². The molecule has 2 saturated heterocycles. The fourth-order valence-electron chi connectivity index (χ4n) is 3.26. The number of thiazole rings is 1. The van der Waals surface area contributed by atoms with Gasteiger partial charge in [0.05, 0.1) is 22.4 Å². The molecule has 1 aromatic carbocycles. The van der Waals surface area contributed by atoms with Crippen LogP contribution in [0.1, 0.15) is 19.3 Å². The van der Waals surface area contributed by atoms with Gasteiger partial charge in [0, 0.05) is 25.7 Å². The first-order chi connectivity index (χ1) is 11.2. The first-order valence-corrected chi connectivity index (χ1v) is 8.69. The molecule has 23 heavy (non-hydrogen) atoms. The normalized spacial score (nSPS) is 27.4. The van der Waals surface area contributed by atoms with Crippen molar-refractivity contribution in [3.63, 3.8) is 0 Å². The molecule has 3 heterocycles. The maximum atomic E-state index is 12.2. The van der Waals surface area contributed by atoms with Crippen LogP contribution in [0.5, 0.6) is 0 Å². The molecule has 1 spiro atoms. The number of fused-ring (bicyclic) bond motifs is 1. The summed E-state index contributed by atoms with van der Waals surface area (Å²) in [6.07, 6.45) is 2.54. The van der Waals surface area contributed by atoms with Crippen molar-refractivity contribution in [3.8, 4) is 0 Å². The highest BCUT2D eigenvalue weighted by molar-refractivity contribution is 7.22. The summed E-state index contributed by atoms with van der Waals surface area (Å²) >= 11 is 1.48. The summed E-state index contributed by atoms with van der Waals surface area (Å²) in [4.78, 5) is 16.7. The van der Waals surface area contributed by atoms with Crippen molar-refractivity contribution >= 4 is 32.7 Å². The molecule has 2 aromatic rings. The van der Waals surface area contributed by atoms with Crippen molar-refractivity contribution in [1.82, 2.24) is 10.3 Å². The first kappa shape index (κ1) is 14.9. The van der Waals surface area contributed by atoms with Crippen molar-refractivity contribution in [2.45, 2.75) is 30.9 Å². The van der Waals surface area contributed by atoms with E-state index in [1.165, 1.54) is 11.3 Å². The molecule has 0 unspecified atom stereocenters. The topological polar surface area (TPSA) is 72.5 Å². The number of rotatable bonds is 2. The van der Waals surface area contributed by atoms with Crippen molar-refractivity contribution in [1.29, 1.82) is 0 Å². The van der Waals surface area contributed by atoms with E-state index in [2.05, 4.69) is 15.6 Å². The third kappa shape index (κ3) is 3.17. The average Bonchev–Trinajstić information content (AvgIpc) is 3.13. The lowest BCUT2D eigenvalue weighted by Crippen LogP contribution is -2.49. The van der Waals surface area contributed by atoms with Crippen LogP contribution < -0.4 is 10.6 Å². The molecule has 0 saturated carbocycles. The number of hydrogen-bond acceptors (Lipinski definition) is 5. The van der Waals surface area contributed by atoms with Gasteiger partial charge < -0.3 is 14.8 Å². The molecule has 7 heteroatoms. The summed E-state index contributed by atoms with van der Waals surface area (Å²) in [6, 6.07) is 7.76. The SMILES string of the molecule is O=C(Nc1nc2ccccc2s1)N[C@H]1CCO[C@]2(CCOC2)C1. The van der Waals surface area contributed by atoms with Crippen LogP contribution in [0.25, 0.3) is 10.2 Å². The zero-order valence-electron chi connectivity index (χ0n) is 12.7. The van der Waals surface area contributed by atoms with Gasteiger partial charge in [-0.25, -0.2) is 9.78 Å². The van der Waals surface area contributed by atoms with E-state index in [1.807, 2.05) is 24.3 Å². The third-order valence-electron chi connectivity index (χ3n) is 4.41. The van der Waals surface area contributed by atoms with Crippen molar-refractivity contribution in [3.05, 3.63) is 24.3 Å². The Morgan fingerprint density at radius 1 is 1.35 bits per heavy atom. The lowest BCUT2D eigenvalue weighted by molar-refractivity contribution is -0.0877. The van der Waals surface area contributed by atoms with Gasteiger partial charge in [0.15, 0.2) is 5.13 Å². The largest absolute Gasteiger partial charge is 0.378 e. The van der Waals surface area contributed by atoms with Gasteiger partial charge in [0.25, 0.3) is 0 Å². The molecule has 6 nitrogen and oxygen atoms in total. The first-order valence-electron chi connectivity index (χ1n) is 7.87. The number of amides is 2.